The van der Waals surface area contributed by atoms with E-state index in [1.807, 2.05) is 0 Å². The first kappa shape index (κ1) is 33.3. The minimum Gasteiger partial charge on any atom is -0.394 e. The van der Waals surface area contributed by atoms with Crippen LogP contribution in [0.1, 0.15) is 6.23 Å². The van der Waals surface area contributed by atoms with E-state index in [1.165, 1.54) is 0 Å². The van der Waals surface area contributed by atoms with Gasteiger partial charge in [0.05, 0.1) is 19.5 Å². The highest BCUT2D eigenvalue weighted by molar-refractivity contribution is 7.46. The summed E-state index contributed by atoms with van der Waals surface area (Å²) >= 11 is 0. The van der Waals surface area contributed by atoms with Crippen LogP contribution in [0.25, 0.3) is 11.2 Å². The van der Waals surface area contributed by atoms with E-state index in [9.17, 15) is 58.4 Å². The summed E-state index contributed by atoms with van der Waals surface area (Å²) in [6.45, 7) is -2.01. The van der Waals surface area contributed by atoms with Crippen LogP contribution < -0.4 is 5.73 Å². The molecule has 0 aromatic carbocycles. The van der Waals surface area contributed by atoms with E-state index in [0.29, 0.717) is 0 Å². The third-order valence-electron chi connectivity index (χ3n) is 5.99. The summed E-state index contributed by atoms with van der Waals surface area (Å²) in [4.78, 5) is 68.2. The number of aliphatic hydroxyl groups is 3. The molecule has 238 valence electrons. The molecule has 0 bridgehead atoms. The predicted molar refractivity (Wildman–Crippen MR) is 128 cm³/mol. The average molecular weight is 669 g/mol. The van der Waals surface area contributed by atoms with Crippen LogP contribution in [0.4, 0.5) is 5.82 Å². The number of aromatic nitrogens is 4. The van der Waals surface area contributed by atoms with Gasteiger partial charge in [0.15, 0.2) is 24.0 Å². The van der Waals surface area contributed by atoms with E-state index in [1.54, 1.807) is 0 Å². The molecule has 42 heavy (non-hydrogen) atoms. The molecule has 11 N–H and O–H groups in total. The molecular formula is C16H26N5O18P3. The highest BCUT2D eigenvalue weighted by atomic mass is 31.2. The van der Waals surface area contributed by atoms with E-state index < -0.39 is 91.9 Å². The number of hydrogen-bond acceptors (Lipinski definition) is 16. The fraction of sp³-hybridized carbons (Fsp3) is 0.688. The number of imidazole rings is 1. The monoisotopic (exact) mass is 669 g/mol. The number of hydrogen-bond donors (Lipinski definition) is 10. The molecule has 26 heteroatoms. The maximum Gasteiger partial charge on any atom is 0.470 e. The van der Waals surface area contributed by atoms with Crippen molar-refractivity contribution in [3.05, 3.63) is 12.7 Å². The van der Waals surface area contributed by atoms with Gasteiger partial charge >= 0.3 is 23.5 Å². The third kappa shape index (κ3) is 7.56. The van der Waals surface area contributed by atoms with Crippen molar-refractivity contribution in [2.45, 2.75) is 55.2 Å². The second-order valence-electron chi connectivity index (χ2n) is 8.83. The van der Waals surface area contributed by atoms with Gasteiger partial charge in [-0.3, -0.25) is 18.1 Å². The van der Waals surface area contributed by atoms with Crippen molar-refractivity contribution in [2.75, 3.05) is 18.9 Å². The SMILES string of the molecule is Nc1ncnc2c1ncn2[C@@H]1O[C@H](CO)[C@@H](O[C@H]2O[C@H](CO)[C@@H](OP(=O)(O)O)[C@H](O)[C@H]2OP(=O)(O)O)[C@H]1OP(=O)(O)O. The van der Waals surface area contributed by atoms with Crippen LogP contribution in [-0.2, 0) is 41.5 Å². The lowest BCUT2D eigenvalue weighted by Crippen LogP contribution is -2.61. The smallest absolute Gasteiger partial charge is 0.394 e. The Morgan fingerprint density at radius 1 is 0.810 bits per heavy atom. The fourth-order valence-electron chi connectivity index (χ4n) is 4.44. The number of ether oxygens (including phenoxy) is 3. The van der Waals surface area contributed by atoms with Gasteiger partial charge < -0.3 is 64.6 Å². The number of fused-ring (bicyclic) bond motifs is 1. The van der Waals surface area contributed by atoms with Crippen molar-refractivity contribution < 1.29 is 86.2 Å². The largest absolute Gasteiger partial charge is 0.470 e. The number of phosphoric acid groups is 3. The van der Waals surface area contributed by atoms with Crippen molar-refractivity contribution in [1.82, 2.24) is 19.5 Å². The number of nitrogens with zero attached hydrogens (tertiary/aromatic N) is 4. The molecule has 2 aliphatic rings. The van der Waals surface area contributed by atoms with Crippen molar-refractivity contribution >= 4 is 40.4 Å². The Morgan fingerprint density at radius 3 is 1.93 bits per heavy atom. The van der Waals surface area contributed by atoms with Crippen LogP contribution >= 0.6 is 23.5 Å². The van der Waals surface area contributed by atoms with Gasteiger partial charge in [-0.15, -0.1) is 0 Å². The summed E-state index contributed by atoms with van der Waals surface area (Å²) in [7, 11) is -16.3. The first-order chi connectivity index (χ1) is 19.4. The quantitative estimate of drug-likeness (QED) is 0.102. The molecule has 9 atom stereocenters. The number of rotatable bonds is 11. The van der Waals surface area contributed by atoms with E-state index in [4.69, 9.17) is 24.5 Å². The van der Waals surface area contributed by atoms with Gasteiger partial charge in [0.25, 0.3) is 0 Å². The molecule has 4 rings (SSSR count). The molecule has 2 aliphatic heterocycles. The van der Waals surface area contributed by atoms with Crippen molar-refractivity contribution in [3.8, 4) is 0 Å². The highest BCUT2D eigenvalue weighted by Gasteiger charge is 2.56. The molecule has 0 aliphatic carbocycles. The van der Waals surface area contributed by atoms with Crippen LogP contribution in [-0.4, -0.2) is 126 Å². The molecule has 0 unspecified atom stereocenters. The molecular weight excluding hydrogens is 643 g/mol. The minimum atomic E-state index is -5.52. The lowest BCUT2D eigenvalue weighted by atomic mass is 9.99. The van der Waals surface area contributed by atoms with Gasteiger partial charge in [-0.1, -0.05) is 0 Å². The summed E-state index contributed by atoms with van der Waals surface area (Å²) in [5.74, 6) is -0.0696. The number of phosphoric ester groups is 3. The van der Waals surface area contributed by atoms with E-state index in [2.05, 4.69) is 24.0 Å². The first-order valence-electron chi connectivity index (χ1n) is 11.4. The second kappa shape index (κ2) is 12.4. The Kier molecular flexibility index (Phi) is 9.88. The topological polar surface area (TPSA) is 358 Å². The molecule has 2 aromatic rings. The molecule has 4 heterocycles. The van der Waals surface area contributed by atoms with Crippen LogP contribution in [0.2, 0.25) is 0 Å². The van der Waals surface area contributed by atoms with Crippen molar-refractivity contribution in [2.24, 2.45) is 0 Å². The first-order valence-corrected chi connectivity index (χ1v) is 16.0. The van der Waals surface area contributed by atoms with Crippen LogP contribution in [0, 0.1) is 0 Å². The van der Waals surface area contributed by atoms with E-state index in [0.717, 1.165) is 17.2 Å². The number of anilines is 1. The molecule has 2 saturated heterocycles. The fourth-order valence-corrected chi connectivity index (χ4v) is 6.10. The predicted octanol–water partition coefficient (Wildman–Crippen LogP) is -3.80. The summed E-state index contributed by atoms with van der Waals surface area (Å²) in [5.41, 5.74) is 5.82. The Morgan fingerprint density at radius 2 is 1.36 bits per heavy atom. The normalized spacial score (nSPS) is 32.9. The molecule has 0 amide bonds. The zero-order valence-electron chi connectivity index (χ0n) is 20.7. The maximum atomic E-state index is 11.9. The Balaban J connectivity index is 1.73. The van der Waals surface area contributed by atoms with Gasteiger partial charge in [-0.25, -0.2) is 28.6 Å². The van der Waals surface area contributed by atoms with Gasteiger partial charge in [0.1, 0.15) is 54.6 Å². The number of aliphatic hydroxyl groups excluding tert-OH is 3. The molecule has 0 radical (unpaired) electrons. The lowest BCUT2D eigenvalue weighted by molar-refractivity contribution is -0.312. The third-order valence-corrected chi connectivity index (χ3v) is 7.55. The zero-order valence-corrected chi connectivity index (χ0v) is 23.4. The van der Waals surface area contributed by atoms with Crippen LogP contribution in [0.5, 0.6) is 0 Å². The maximum absolute atomic E-state index is 11.9. The Labute approximate surface area is 233 Å². The molecule has 0 saturated carbocycles. The van der Waals surface area contributed by atoms with Crippen LogP contribution in [0.15, 0.2) is 12.7 Å². The van der Waals surface area contributed by atoms with Gasteiger partial charge in [-0.05, 0) is 0 Å². The summed E-state index contributed by atoms with van der Waals surface area (Å²) in [6, 6.07) is 0. The number of nitrogens with two attached hydrogens (primary N) is 1. The summed E-state index contributed by atoms with van der Waals surface area (Å²) in [5, 5.41) is 30.5. The average Bonchev–Trinajstić information content (AvgIpc) is 3.42. The summed E-state index contributed by atoms with van der Waals surface area (Å²) in [6.07, 6.45) is -15.4. The van der Waals surface area contributed by atoms with Crippen molar-refractivity contribution in [3.63, 3.8) is 0 Å². The molecule has 0 spiro atoms. The summed E-state index contributed by atoms with van der Waals surface area (Å²) < 4.78 is 66.7. The molecule has 2 fully saturated rings. The zero-order chi connectivity index (χ0) is 31.2. The lowest BCUT2D eigenvalue weighted by Gasteiger charge is -2.44. The number of nitrogen functional groups attached to an aromatic ring is 1. The van der Waals surface area contributed by atoms with Crippen molar-refractivity contribution in [1.29, 1.82) is 0 Å². The van der Waals surface area contributed by atoms with Crippen LogP contribution in [0.3, 0.4) is 0 Å². The van der Waals surface area contributed by atoms with Gasteiger partial charge in [0, 0.05) is 0 Å². The van der Waals surface area contributed by atoms with E-state index in [-0.39, 0.29) is 17.0 Å². The molecule has 2 aromatic heterocycles. The van der Waals surface area contributed by atoms with E-state index >= 15 is 0 Å². The second-order valence-corrected chi connectivity index (χ2v) is 12.4. The minimum absolute atomic E-state index is 0.00558. The Hall–Kier alpha value is -1.56. The highest BCUT2D eigenvalue weighted by Crippen LogP contribution is 2.49. The Bertz CT molecular complexity index is 1400. The standard InChI is InChI=1S/C16H26N5O18P3/c17-13-7-14(19-3-18-13)21(4-20-7)15-12(39-42(31,32)33)10(6(2-23)34-15)36-16-11(38-41(28,29)30)8(24)9(5(1-22)35-16)37-40(25,26)27/h3-6,8-12,15-16,22-24H,1-2H2,(H2,17,18,19)(H2,25,26,27)(H2,28,29,30)(H2,31,32,33)/t5-,6-,8+,9-,10-,11-,12-,15-,16-/m1/s1. The van der Waals surface area contributed by atoms with Gasteiger partial charge in [-0.2, -0.15) is 0 Å². The molecule has 23 nitrogen and oxygen atoms in total. The van der Waals surface area contributed by atoms with Gasteiger partial charge in [0.2, 0.25) is 0 Å².